The van der Waals surface area contributed by atoms with Gasteiger partial charge in [0.1, 0.15) is 0 Å². The topological polar surface area (TPSA) is 47.6 Å². The Morgan fingerprint density at radius 2 is 2.00 bits per heavy atom. The normalized spacial score (nSPS) is 10.0. The van der Waals surface area contributed by atoms with E-state index in [0.717, 1.165) is 0 Å². The van der Waals surface area contributed by atoms with Gasteiger partial charge >= 0.3 is 0 Å². The fraction of sp³-hybridized carbons (Fsp3) is 0.188. The first-order chi connectivity index (χ1) is 10.1. The molecule has 0 saturated heterocycles. The van der Waals surface area contributed by atoms with Crippen LogP contribution in [0.25, 0.3) is 0 Å². The van der Waals surface area contributed by atoms with E-state index in [1.165, 1.54) is 0 Å². The molecule has 4 nitrogen and oxygen atoms in total. The summed E-state index contributed by atoms with van der Waals surface area (Å²) in [6.45, 7) is 2.44. The van der Waals surface area contributed by atoms with Crippen molar-refractivity contribution in [1.82, 2.24) is 0 Å². The van der Waals surface area contributed by atoms with Crippen molar-refractivity contribution in [3.05, 3.63) is 53.1 Å². The standard InChI is InChI=1S/C16H16ClNO3/c1-3-21-14-8-7-13(10-15(14)20-2)18-16(19)11-5-4-6-12(17)9-11/h4-10H,3H2,1-2H3,(H,18,19). The summed E-state index contributed by atoms with van der Waals surface area (Å²) >= 11 is 5.88. The van der Waals surface area contributed by atoms with Crippen LogP contribution in [0.1, 0.15) is 17.3 Å². The Morgan fingerprint density at radius 3 is 2.67 bits per heavy atom. The predicted molar refractivity (Wildman–Crippen MR) is 83.6 cm³/mol. The molecular formula is C16H16ClNO3. The van der Waals surface area contributed by atoms with Gasteiger partial charge in [0.05, 0.1) is 13.7 Å². The second-order valence-electron chi connectivity index (χ2n) is 4.26. The van der Waals surface area contributed by atoms with E-state index in [9.17, 15) is 4.79 Å². The van der Waals surface area contributed by atoms with Crippen molar-refractivity contribution in [3.8, 4) is 11.5 Å². The van der Waals surface area contributed by atoms with Gasteiger partial charge in [0.15, 0.2) is 11.5 Å². The van der Waals surface area contributed by atoms with Crippen molar-refractivity contribution in [3.63, 3.8) is 0 Å². The number of rotatable bonds is 5. The third-order valence-corrected chi connectivity index (χ3v) is 3.04. The summed E-state index contributed by atoms with van der Waals surface area (Å²) in [6.07, 6.45) is 0. The number of methoxy groups -OCH3 is 1. The van der Waals surface area contributed by atoms with Gasteiger partial charge in [0.2, 0.25) is 0 Å². The highest BCUT2D eigenvalue weighted by Crippen LogP contribution is 2.30. The first-order valence-corrected chi connectivity index (χ1v) is 6.89. The van der Waals surface area contributed by atoms with E-state index in [2.05, 4.69) is 5.32 Å². The lowest BCUT2D eigenvalue weighted by molar-refractivity contribution is 0.102. The number of hydrogen-bond donors (Lipinski definition) is 1. The van der Waals surface area contributed by atoms with Crippen LogP contribution in [0.2, 0.25) is 5.02 Å². The highest BCUT2D eigenvalue weighted by molar-refractivity contribution is 6.31. The summed E-state index contributed by atoms with van der Waals surface area (Å²) in [7, 11) is 1.56. The van der Waals surface area contributed by atoms with Crippen LogP contribution in [0.5, 0.6) is 11.5 Å². The molecule has 1 amide bonds. The van der Waals surface area contributed by atoms with Crippen LogP contribution in [-0.2, 0) is 0 Å². The number of halogens is 1. The minimum Gasteiger partial charge on any atom is -0.493 e. The molecule has 2 aromatic carbocycles. The lowest BCUT2D eigenvalue weighted by Crippen LogP contribution is -2.11. The molecule has 0 atom stereocenters. The Bertz CT molecular complexity index is 643. The van der Waals surface area contributed by atoms with Crippen LogP contribution >= 0.6 is 11.6 Å². The maximum Gasteiger partial charge on any atom is 0.255 e. The fourth-order valence-corrected chi connectivity index (χ4v) is 2.04. The average molecular weight is 306 g/mol. The van der Waals surface area contributed by atoms with Crippen LogP contribution in [0.3, 0.4) is 0 Å². The Kier molecular flexibility index (Phi) is 5.06. The maximum atomic E-state index is 12.1. The fourth-order valence-electron chi connectivity index (χ4n) is 1.85. The van der Waals surface area contributed by atoms with Crippen molar-refractivity contribution < 1.29 is 14.3 Å². The third kappa shape index (κ3) is 3.89. The van der Waals surface area contributed by atoms with Gasteiger partial charge < -0.3 is 14.8 Å². The molecule has 0 saturated carbocycles. The highest BCUT2D eigenvalue weighted by atomic mass is 35.5. The first kappa shape index (κ1) is 15.2. The van der Waals surface area contributed by atoms with Gasteiger partial charge in [0.25, 0.3) is 5.91 Å². The molecule has 0 aliphatic heterocycles. The van der Waals surface area contributed by atoms with Crippen LogP contribution in [0.4, 0.5) is 5.69 Å². The van der Waals surface area contributed by atoms with Gasteiger partial charge in [-0.15, -0.1) is 0 Å². The highest BCUT2D eigenvalue weighted by Gasteiger charge is 2.09. The number of carbonyl (C=O) groups excluding carboxylic acids is 1. The van der Waals surface area contributed by atoms with Gasteiger partial charge in [-0.2, -0.15) is 0 Å². The molecule has 2 aromatic rings. The summed E-state index contributed by atoms with van der Waals surface area (Å²) < 4.78 is 10.7. The number of hydrogen-bond acceptors (Lipinski definition) is 3. The van der Waals surface area contributed by atoms with Crippen molar-refractivity contribution in [1.29, 1.82) is 0 Å². The Balaban J connectivity index is 2.17. The lowest BCUT2D eigenvalue weighted by atomic mass is 10.2. The van der Waals surface area contributed by atoms with E-state index >= 15 is 0 Å². The van der Waals surface area contributed by atoms with E-state index < -0.39 is 0 Å². The van der Waals surface area contributed by atoms with Crippen LogP contribution < -0.4 is 14.8 Å². The summed E-state index contributed by atoms with van der Waals surface area (Å²) in [5.74, 6) is 0.977. The Labute approximate surface area is 128 Å². The molecule has 0 aliphatic rings. The number of carbonyl (C=O) groups is 1. The maximum absolute atomic E-state index is 12.1. The summed E-state index contributed by atoms with van der Waals surface area (Å²) in [5, 5.41) is 3.32. The summed E-state index contributed by atoms with van der Waals surface area (Å²) in [4.78, 5) is 12.1. The lowest BCUT2D eigenvalue weighted by Gasteiger charge is -2.11. The predicted octanol–water partition coefficient (Wildman–Crippen LogP) is 4.00. The number of nitrogens with one attached hydrogen (secondary N) is 1. The SMILES string of the molecule is CCOc1ccc(NC(=O)c2cccc(Cl)c2)cc1OC. The number of amides is 1. The molecular weight excluding hydrogens is 290 g/mol. The minimum atomic E-state index is -0.233. The second kappa shape index (κ2) is 6.99. The Morgan fingerprint density at radius 1 is 1.19 bits per heavy atom. The van der Waals surface area contributed by atoms with E-state index in [1.807, 2.05) is 6.92 Å². The van der Waals surface area contributed by atoms with Gasteiger partial charge in [-0.1, -0.05) is 17.7 Å². The summed E-state index contributed by atoms with van der Waals surface area (Å²) in [6, 6.07) is 12.0. The third-order valence-electron chi connectivity index (χ3n) is 2.81. The first-order valence-electron chi connectivity index (χ1n) is 6.51. The average Bonchev–Trinajstić information content (AvgIpc) is 2.49. The number of anilines is 1. The van der Waals surface area contributed by atoms with E-state index in [4.69, 9.17) is 21.1 Å². The Hall–Kier alpha value is -2.20. The zero-order valence-corrected chi connectivity index (χ0v) is 12.6. The van der Waals surface area contributed by atoms with E-state index in [0.29, 0.717) is 34.4 Å². The largest absolute Gasteiger partial charge is 0.493 e. The number of benzene rings is 2. The van der Waals surface area contributed by atoms with Crippen molar-refractivity contribution >= 4 is 23.2 Å². The molecule has 0 heterocycles. The van der Waals surface area contributed by atoms with E-state index in [1.54, 1.807) is 49.6 Å². The van der Waals surface area contributed by atoms with Crippen LogP contribution in [0.15, 0.2) is 42.5 Å². The molecule has 5 heteroatoms. The molecule has 0 aliphatic carbocycles. The molecule has 0 radical (unpaired) electrons. The minimum absolute atomic E-state index is 0.233. The zero-order chi connectivity index (χ0) is 15.2. The van der Waals surface area contributed by atoms with E-state index in [-0.39, 0.29) is 5.91 Å². The quantitative estimate of drug-likeness (QED) is 0.908. The molecule has 2 rings (SSSR count). The number of ether oxygens (including phenoxy) is 2. The second-order valence-corrected chi connectivity index (χ2v) is 4.70. The van der Waals surface area contributed by atoms with Crippen molar-refractivity contribution in [2.75, 3.05) is 19.0 Å². The molecule has 0 spiro atoms. The molecule has 0 bridgehead atoms. The molecule has 0 unspecified atom stereocenters. The smallest absolute Gasteiger partial charge is 0.255 e. The van der Waals surface area contributed by atoms with Crippen LogP contribution in [-0.4, -0.2) is 19.6 Å². The molecule has 1 N–H and O–H groups in total. The monoisotopic (exact) mass is 305 g/mol. The molecule has 21 heavy (non-hydrogen) atoms. The van der Waals surface area contributed by atoms with Gasteiger partial charge in [-0.05, 0) is 37.3 Å². The van der Waals surface area contributed by atoms with Crippen molar-refractivity contribution in [2.24, 2.45) is 0 Å². The van der Waals surface area contributed by atoms with Crippen molar-refractivity contribution in [2.45, 2.75) is 6.92 Å². The van der Waals surface area contributed by atoms with Crippen LogP contribution in [0, 0.1) is 0 Å². The zero-order valence-electron chi connectivity index (χ0n) is 11.9. The van der Waals surface area contributed by atoms with Gasteiger partial charge in [0, 0.05) is 22.3 Å². The van der Waals surface area contributed by atoms with Gasteiger partial charge in [-0.3, -0.25) is 4.79 Å². The molecule has 110 valence electrons. The molecule has 0 aromatic heterocycles. The van der Waals surface area contributed by atoms with Gasteiger partial charge in [-0.25, -0.2) is 0 Å². The summed E-state index contributed by atoms with van der Waals surface area (Å²) in [5.41, 5.74) is 1.12. The molecule has 0 fully saturated rings.